The van der Waals surface area contributed by atoms with E-state index in [1.165, 1.54) is 0 Å². The summed E-state index contributed by atoms with van der Waals surface area (Å²) in [5.74, 6) is 1.26. The van der Waals surface area contributed by atoms with Crippen molar-refractivity contribution in [2.75, 3.05) is 0 Å². The highest BCUT2D eigenvalue weighted by molar-refractivity contribution is 5.17. The van der Waals surface area contributed by atoms with Gasteiger partial charge in [-0.05, 0) is 0 Å². The van der Waals surface area contributed by atoms with Crippen molar-refractivity contribution in [1.82, 2.24) is 10.4 Å². The lowest BCUT2D eigenvalue weighted by molar-refractivity contribution is 0.350. The van der Waals surface area contributed by atoms with Crippen LogP contribution in [-0.4, -0.2) is 10.4 Å². The molecule has 0 aliphatic carbocycles. The summed E-state index contributed by atoms with van der Waals surface area (Å²) in [6.07, 6.45) is 0. The fourth-order valence-corrected chi connectivity index (χ4v) is 1.10. The van der Waals surface area contributed by atoms with Crippen LogP contribution in [0.3, 0.4) is 0 Å². The Morgan fingerprint density at radius 1 is 1.25 bits per heavy atom. The van der Waals surface area contributed by atoms with E-state index in [9.17, 15) is 0 Å². The summed E-state index contributed by atoms with van der Waals surface area (Å²) < 4.78 is 5.09. The maximum absolute atomic E-state index is 5.09. The van der Waals surface area contributed by atoms with Crippen LogP contribution in [0.1, 0.15) is 52.0 Å². The van der Waals surface area contributed by atoms with Gasteiger partial charge < -0.3 is 4.52 Å². The van der Waals surface area contributed by atoms with Gasteiger partial charge in [0.2, 0.25) is 0 Å². The smallest absolute Gasteiger partial charge is 0.163 e. The zero-order chi connectivity index (χ0) is 9.35. The molecule has 0 bridgehead atoms. The van der Waals surface area contributed by atoms with E-state index in [2.05, 4.69) is 45.0 Å². The monoisotopic (exact) mass is 168 g/mol. The second-order valence-corrected chi connectivity index (χ2v) is 4.39. The Bertz CT molecular complexity index is 258. The predicted octanol–water partition coefficient (Wildman–Crippen LogP) is 2.49. The zero-order valence-corrected chi connectivity index (χ0v) is 8.38. The Morgan fingerprint density at radius 3 is 2.17 bits per heavy atom. The second kappa shape index (κ2) is 2.88. The lowest BCUT2D eigenvalue weighted by atomic mass is 9.89. The fraction of sp³-hybridized carbons (Fsp3) is 0.778. The Balaban J connectivity index is 3.08. The van der Waals surface area contributed by atoms with E-state index >= 15 is 0 Å². The summed E-state index contributed by atoms with van der Waals surface area (Å²) in [7, 11) is 0. The maximum Gasteiger partial charge on any atom is 0.163 e. The molecule has 0 N–H and O–H groups in total. The van der Waals surface area contributed by atoms with Crippen LogP contribution in [0.25, 0.3) is 0 Å². The van der Waals surface area contributed by atoms with Crippen LogP contribution in [0.4, 0.5) is 0 Å². The summed E-state index contributed by atoms with van der Waals surface area (Å²) >= 11 is 0. The molecule has 0 amide bonds. The zero-order valence-electron chi connectivity index (χ0n) is 8.38. The van der Waals surface area contributed by atoms with Crippen molar-refractivity contribution < 1.29 is 4.52 Å². The average Bonchev–Trinajstić information content (AvgIpc) is 2.30. The lowest BCUT2D eigenvalue weighted by Gasteiger charge is -2.16. The molecule has 68 valence electrons. The van der Waals surface area contributed by atoms with Gasteiger partial charge in [-0.1, -0.05) is 34.6 Å². The van der Waals surface area contributed by atoms with E-state index in [0.717, 1.165) is 11.5 Å². The number of rotatable bonds is 1. The standard InChI is InChI=1S/C9H16N2O/c1-6(2)7-8(9(3,4)5)10-11-12-7/h6H,1-5H3. The summed E-state index contributed by atoms with van der Waals surface area (Å²) in [6, 6.07) is 0. The average molecular weight is 168 g/mol. The number of hydrogen-bond acceptors (Lipinski definition) is 3. The van der Waals surface area contributed by atoms with Crippen LogP contribution in [0.5, 0.6) is 0 Å². The van der Waals surface area contributed by atoms with Gasteiger partial charge in [-0.25, -0.2) is 0 Å². The first-order chi connectivity index (χ1) is 5.43. The topological polar surface area (TPSA) is 38.9 Å². The summed E-state index contributed by atoms with van der Waals surface area (Å²) in [6.45, 7) is 10.5. The fourth-order valence-electron chi connectivity index (χ4n) is 1.10. The van der Waals surface area contributed by atoms with E-state index in [-0.39, 0.29) is 5.41 Å². The van der Waals surface area contributed by atoms with E-state index in [0.29, 0.717) is 5.92 Å². The number of hydrogen-bond donors (Lipinski definition) is 0. The molecule has 0 saturated carbocycles. The second-order valence-electron chi connectivity index (χ2n) is 4.39. The molecule has 0 saturated heterocycles. The molecule has 0 aromatic carbocycles. The molecule has 1 rings (SSSR count). The first-order valence-electron chi connectivity index (χ1n) is 4.25. The summed E-state index contributed by atoms with van der Waals surface area (Å²) in [4.78, 5) is 0. The van der Waals surface area contributed by atoms with Crippen LogP contribution in [0, 0.1) is 0 Å². The molecular weight excluding hydrogens is 152 g/mol. The van der Waals surface area contributed by atoms with Crippen molar-refractivity contribution in [1.29, 1.82) is 0 Å². The van der Waals surface area contributed by atoms with Crippen LogP contribution >= 0.6 is 0 Å². The van der Waals surface area contributed by atoms with Gasteiger partial charge in [0, 0.05) is 16.6 Å². The molecule has 3 heteroatoms. The van der Waals surface area contributed by atoms with Crippen LogP contribution in [-0.2, 0) is 5.41 Å². The number of nitrogens with zero attached hydrogens (tertiary/aromatic N) is 2. The minimum Gasteiger partial charge on any atom is -0.342 e. The molecular formula is C9H16N2O. The Hall–Kier alpha value is -0.860. The highest BCUT2D eigenvalue weighted by Crippen LogP contribution is 2.27. The molecule has 12 heavy (non-hydrogen) atoms. The first-order valence-corrected chi connectivity index (χ1v) is 4.25. The van der Waals surface area contributed by atoms with Crippen molar-refractivity contribution in [3.8, 4) is 0 Å². The number of aromatic nitrogens is 2. The van der Waals surface area contributed by atoms with Crippen LogP contribution < -0.4 is 0 Å². The van der Waals surface area contributed by atoms with E-state index in [1.54, 1.807) is 0 Å². The molecule has 0 radical (unpaired) electrons. The third kappa shape index (κ3) is 1.65. The van der Waals surface area contributed by atoms with Crippen molar-refractivity contribution in [3.05, 3.63) is 11.5 Å². The van der Waals surface area contributed by atoms with Gasteiger partial charge in [0.15, 0.2) is 5.76 Å². The molecule has 0 aliphatic heterocycles. The van der Waals surface area contributed by atoms with Crippen molar-refractivity contribution in [3.63, 3.8) is 0 Å². The van der Waals surface area contributed by atoms with E-state index in [1.807, 2.05) is 0 Å². The third-order valence-electron chi connectivity index (χ3n) is 1.75. The van der Waals surface area contributed by atoms with Crippen LogP contribution in [0.2, 0.25) is 0 Å². The molecule has 3 nitrogen and oxygen atoms in total. The largest absolute Gasteiger partial charge is 0.342 e. The highest BCUT2D eigenvalue weighted by Gasteiger charge is 2.25. The molecule has 0 fully saturated rings. The minimum absolute atomic E-state index is 0.0274. The van der Waals surface area contributed by atoms with Gasteiger partial charge in [-0.3, -0.25) is 0 Å². The Kier molecular flexibility index (Phi) is 2.22. The maximum atomic E-state index is 5.09. The molecule has 0 spiro atoms. The SMILES string of the molecule is CC(C)c1onnc1C(C)(C)C. The molecule has 0 atom stereocenters. The molecule has 1 aromatic rings. The van der Waals surface area contributed by atoms with Crippen molar-refractivity contribution in [2.45, 2.75) is 46.0 Å². The quantitative estimate of drug-likeness (QED) is 0.646. The van der Waals surface area contributed by atoms with Gasteiger partial charge in [0.1, 0.15) is 5.69 Å². The van der Waals surface area contributed by atoms with Gasteiger partial charge in [0.25, 0.3) is 0 Å². The van der Waals surface area contributed by atoms with Gasteiger partial charge in [0.05, 0.1) is 0 Å². The minimum atomic E-state index is 0.0274. The van der Waals surface area contributed by atoms with Crippen molar-refractivity contribution >= 4 is 0 Å². The van der Waals surface area contributed by atoms with Gasteiger partial charge in [-0.2, -0.15) is 0 Å². The molecule has 1 heterocycles. The van der Waals surface area contributed by atoms with Crippen LogP contribution in [0.15, 0.2) is 4.52 Å². The molecule has 1 aromatic heterocycles. The molecule has 0 aliphatic rings. The first kappa shape index (κ1) is 9.23. The highest BCUT2D eigenvalue weighted by atomic mass is 16.5. The molecule has 0 unspecified atom stereocenters. The third-order valence-corrected chi connectivity index (χ3v) is 1.75. The Morgan fingerprint density at radius 2 is 1.83 bits per heavy atom. The lowest BCUT2D eigenvalue weighted by Crippen LogP contribution is -2.14. The normalized spacial score (nSPS) is 12.5. The summed E-state index contributed by atoms with van der Waals surface area (Å²) in [5, 5.41) is 7.58. The summed E-state index contributed by atoms with van der Waals surface area (Å²) in [5.41, 5.74) is 0.997. The van der Waals surface area contributed by atoms with E-state index in [4.69, 9.17) is 4.52 Å². The Labute approximate surface area is 73.1 Å². The predicted molar refractivity (Wildman–Crippen MR) is 47.1 cm³/mol. The van der Waals surface area contributed by atoms with E-state index < -0.39 is 0 Å². The van der Waals surface area contributed by atoms with Crippen molar-refractivity contribution in [2.24, 2.45) is 0 Å². The van der Waals surface area contributed by atoms with Gasteiger partial charge in [-0.15, -0.1) is 5.10 Å². The van der Waals surface area contributed by atoms with Gasteiger partial charge >= 0.3 is 0 Å².